The highest BCUT2D eigenvalue weighted by atomic mass is 16.7. The molecule has 1 aliphatic heterocycles. The van der Waals surface area contributed by atoms with E-state index in [9.17, 15) is 19.2 Å². The molecule has 1 heterocycles. The van der Waals surface area contributed by atoms with E-state index in [-0.39, 0.29) is 0 Å². The minimum Gasteiger partial charge on any atom is -0.497 e. The fraction of sp³-hybridized carbons (Fsp3) is 0.500. The lowest BCUT2D eigenvalue weighted by Crippen LogP contribution is -2.64. The van der Waals surface area contributed by atoms with Crippen LogP contribution in [-0.2, 0) is 38.1 Å². The summed E-state index contributed by atoms with van der Waals surface area (Å²) in [7, 11) is 2.94. The number of rotatable bonds is 7. The van der Waals surface area contributed by atoms with Gasteiger partial charge in [-0.05, 0) is 29.8 Å². The molecule has 0 aromatic heterocycles. The summed E-state index contributed by atoms with van der Waals surface area (Å²) in [5.41, 5.74) is 9.39. The number of hydrogen-bond donors (Lipinski definition) is 0. The van der Waals surface area contributed by atoms with E-state index in [1.807, 2.05) is 0 Å². The molecule has 1 unspecified atom stereocenters. The lowest BCUT2D eigenvalue weighted by Gasteiger charge is -2.43. The van der Waals surface area contributed by atoms with Gasteiger partial charge in [0.1, 0.15) is 5.75 Å². The highest BCUT2D eigenvalue weighted by molar-refractivity contribution is 5.97. The average molecular weight is 464 g/mol. The molecule has 0 saturated carbocycles. The van der Waals surface area contributed by atoms with E-state index in [0.717, 1.165) is 20.8 Å². The van der Waals surface area contributed by atoms with Crippen molar-refractivity contribution in [3.8, 4) is 5.75 Å². The van der Waals surface area contributed by atoms with Gasteiger partial charge in [-0.15, -0.1) is 0 Å². The van der Waals surface area contributed by atoms with E-state index in [1.165, 1.54) is 19.1 Å². The molecule has 5 atom stereocenters. The van der Waals surface area contributed by atoms with Crippen molar-refractivity contribution >= 4 is 29.5 Å². The smallest absolute Gasteiger partial charge is 0.303 e. The third-order valence-corrected chi connectivity index (χ3v) is 4.62. The summed E-state index contributed by atoms with van der Waals surface area (Å²) in [6.07, 6.45) is -7.57. The summed E-state index contributed by atoms with van der Waals surface area (Å²) < 4.78 is 26.4. The number of carbonyl (C=O) groups is 4. The molecule has 1 aromatic carbocycles. The summed E-state index contributed by atoms with van der Waals surface area (Å²) in [6, 6.07) is 6.48. The maximum Gasteiger partial charge on any atom is 0.303 e. The number of carbonyl (C=O) groups excluding carboxylic acids is 4. The van der Waals surface area contributed by atoms with Gasteiger partial charge in [0.05, 0.1) is 7.11 Å². The molecule has 0 aliphatic carbocycles. The first-order valence-electron chi connectivity index (χ1n) is 9.72. The van der Waals surface area contributed by atoms with E-state index in [0.29, 0.717) is 11.4 Å². The Morgan fingerprint density at radius 3 is 1.94 bits per heavy atom. The maximum absolute atomic E-state index is 13.4. The number of ether oxygens (including phenoxy) is 5. The number of methoxy groups -OCH3 is 1. The van der Waals surface area contributed by atoms with Gasteiger partial charge in [-0.25, -0.2) is 0 Å². The summed E-state index contributed by atoms with van der Waals surface area (Å²) in [4.78, 5) is 52.4. The lowest BCUT2D eigenvalue weighted by atomic mass is 9.96. The number of esters is 3. The van der Waals surface area contributed by atoms with Crippen LogP contribution < -0.4 is 9.64 Å². The quantitative estimate of drug-likeness (QED) is 0.191. The summed E-state index contributed by atoms with van der Waals surface area (Å²) in [5, 5.41) is 3.44. The number of azide groups is 1. The number of nitrogens with zero attached hydrogens (tertiary/aromatic N) is 4. The SMILES string of the molecule is COc1ccc(N(C)C(=O)[C@H]2OC(N=[N+]=[N-])[C@H](OC(C)=O)[C@@H](OC(C)=O)[C@@H]2OC(C)=O)cc1. The standard InChI is InChI=1S/C20H24N4O9/c1-10(25)30-15-16(31-11(2)26)18(33-19(22-23-21)17(15)32-12(3)27)20(28)24(4)13-6-8-14(29-5)9-7-13/h6-9,15-19H,1-5H3/t15-,16-,17+,18-,19?/m0/s1. The van der Waals surface area contributed by atoms with Crippen LogP contribution in [0.15, 0.2) is 29.4 Å². The van der Waals surface area contributed by atoms with Crippen LogP contribution in [0.2, 0.25) is 0 Å². The second kappa shape index (κ2) is 11.2. The van der Waals surface area contributed by atoms with Crippen LogP contribution in [0.1, 0.15) is 20.8 Å². The van der Waals surface area contributed by atoms with Crippen LogP contribution >= 0.6 is 0 Å². The number of anilines is 1. The first kappa shape index (κ1) is 25.4. The molecule has 2 rings (SSSR count). The van der Waals surface area contributed by atoms with Crippen LogP contribution in [-0.4, -0.2) is 68.6 Å². The van der Waals surface area contributed by atoms with E-state index in [1.54, 1.807) is 24.3 Å². The number of hydrogen-bond acceptors (Lipinski definition) is 10. The maximum atomic E-state index is 13.4. The Kier molecular flexibility index (Phi) is 8.60. The Labute approximate surface area is 189 Å². The second-order valence-electron chi connectivity index (χ2n) is 6.97. The zero-order chi connectivity index (χ0) is 24.7. The number of benzene rings is 1. The lowest BCUT2D eigenvalue weighted by molar-refractivity contribution is -0.242. The van der Waals surface area contributed by atoms with Crippen LogP contribution in [0.5, 0.6) is 5.75 Å². The van der Waals surface area contributed by atoms with Crippen molar-refractivity contribution in [2.75, 3.05) is 19.1 Å². The molecule has 1 aliphatic rings. The minimum absolute atomic E-state index is 0.442. The van der Waals surface area contributed by atoms with Crippen LogP contribution in [0.3, 0.4) is 0 Å². The highest BCUT2D eigenvalue weighted by Gasteiger charge is 2.54. The zero-order valence-electron chi connectivity index (χ0n) is 18.7. The van der Waals surface area contributed by atoms with E-state index >= 15 is 0 Å². The third kappa shape index (κ3) is 6.34. The minimum atomic E-state index is -1.56. The van der Waals surface area contributed by atoms with Gasteiger partial charge >= 0.3 is 17.9 Å². The van der Waals surface area contributed by atoms with Crippen molar-refractivity contribution in [2.45, 2.75) is 51.4 Å². The molecule has 1 fully saturated rings. The van der Waals surface area contributed by atoms with Gasteiger partial charge in [0, 0.05) is 38.4 Å². The van der Waals surface area contributed by atoms with Gasteiger partial charge < -0.3 is 28.6 Å². The monoisotopic (exact) mass is 464 g/mol. The molecule has 0 spiro atoms. The molecule has 1 amide bonds. The van der Waals surface area contributed by atoms with Gasteiger partial charge in [-0.2, -0.15) is 0 Å². The first-order valence-corrected chi connectivity index (χ1v) is 9.72. The molecule has 1 saturated heterocycles. The zero-order valence-corrected chi connectivity index (χ0v) is 18.7. The Morgan fingerprint density at radius 2 is 1.45 bits per heavy atom. The normalized spacial score (nSPS) is 24.0. The van der Waals surface area contributed by atoms with Gasteiger partial charge in [0.2, 0.25) is 0 Å². The van der Waals surface area contributed by atoms with Gasteiger partial charge in [-0.3, -0.25) is 19.2 Å². The topological polar surface area (TPSA) is 166 Å². The van der Waals surface area contributed by atoms with Gasteiger partial charge in [0.15, 0.2) is 30.6 Å². The van der Waals surface area contributed by atoms with Gasteiger partial charge in [-0.1, -0.05) is 5.11 Å². The summed E-state index contributed by atoms with van der Waals surface area (Å²) in [6.45, 7) is 3.24. The Morgan fingerprint density at radius 1 is 0.939 bits per heavy atom. The molecular weight excluding hydrogens is 440 g/mol. The van der Waals surface area contributed by atoms with Crippen molar-refractivity contribution in [3.63, 3.8) is 0 Å². The van der Waals surface area contributed by atoms with Crippen molar-refractivity contribution in [3.05, 3.63) is 34.7 Å². The highest BCUT2D eigenvalue weighted by Crippen LogP contribution is 2.31. The van der Waals surface area contributed by atoms with E-state index in [2.05, 4.69) is 10.0 Å². The van der Waals surface area contributed by atoms with Crippen molar-refractivity contribution in [2.24, 2.45) is 5.11 Å². The fourth-order valence-corrected chi connectivity index (χ4v) is 3.26. The third-order valence-electron chi connectivity index (χ3n) is 4.62. The molecule has 0 bridgehead atoms. The summed E-state index contributed by atoms with van der Waals surface area (Å²) in [5.74, 6) is -2.57. The van der Waals surface area contributed by atoms with E-state index in [4.69, 9.17) is 29.2 Å². The van der Waals surface area contributed by atoms with Crippen LogP contribution in [0, 0.1) is 0 Å². The fourth-order valence-electron chi connectivity index (χ4n) is 3.26. The molecule has 33 heavy (non-hydrogen) atoms. The molecular formula is C20H24N4O9. The Balaban J connectivity index is 2.50. The molecule has 1 aromatic rings. The summed E-state index contributed by atoms with van der Waals surface area (Å²) >= 11 is 0. The van der Waals surface area contributed by atoms with Crippen LogP contribution in [0.4, 0.5) is 5.69 Å². The molecule has 13 heteroatoms. The number of likely N-dealkylation sites (N-methyl/N-ethyl adjacent to an activating group) is 1. The van der Waals surface area contributed by atoms with Gasteiger partial charge in [0.25, 0.3) is 5.91 Å². The van der Waals surface area contributed by atoms with Crippen molar-refractivity contribution < 1.29 is 42.9 Å². The first-order chi connectivity index (χ1) is 15.6. The van der Waals surface area contributed by atoms with E-state index < -0.39 is 54.5 Å². The largest absolute Gasteiger partial charge is 0.497 e. The predicted octanol–water partition coefficient (Wildman–Crippen LogP) is 1.49. The molecule has 178 valence electrons. The molecule has 0 radical (unpaired) electrons. The van der Waals surface area contributed by atoms with Crippen molar-refractivity contribution in [1.29, 1.82) is 0 Å². The molecule has 13 nitrogen and oxygen atoms in total. The Bertz CT molecular complexity index is 945. The molecule has 0 N–H and O–H groups in total. The van der Waals surface area contributed by atoms with Crippen molar-refractivity contribution in [1.82, 2.24) is 0 Å². The predicted molar refractivity (Wildman–Crippen MR) is 111 cm³/mol. The second-order valence-corrected chi connectivity index (χ2v) is 6.97. The van der Waals surface area contributed by atoms with Crippen LogP contribution in [0.25, 0.3) is 10.4 Å². The number of amides is 1. The average Bonchev–Trinajstić information content (AvgIpc) is 2.75. The Hall–Kier alpha value is -3.83.